The lowest BCUT2D eigenvalue weighted by Gasteiger charge is -2.04. The lowest BCUT2D eigenvalue weighted by atomic mass is 10.1. The smallest absolute Gasteiger partial charge is 0.126 e. The molecule has 0 bridgehead atoms. The Kier molecular flexibility index (Phi) is 2.55. The van der Waals surface area contributed by atoms with E-state index < -0.39 is 0 Å². The average molecular weight is 221 g/mol. The molecule has 0 spiro atoms. The Morgan fingerprint density at radius 2 is 2.20 bits per heavy atom. The Morgan fingerprint density at radius 3 is 2.73 bits per heavy atom. The van der Waals surface area contributed by atoms with E-state index in [1.54, 1.807) is 24.0 Å². The van der Waals surface area contributed by atoms with Crippen LogP contribution in [0.5, 0.6) is 5.75 Å². The molecule has 4 nitrogen and oxygen atoms in total. The van der Waals surface area contributed by atoms with E-state index in [2.05, 4.69) is 10.2 Å². The first-order valence-electron chi connectivity index (χ1n) is 4.38. The fourth-order valence-corrected chi connectivity index (χ4v) is 1.81. The van der Waals surface area contributed by atoms with Crippen LogP contribution < -0.4 is 5.73 Å². The van der Waals surface area contributed by atoms with Crippen LogP contribution in [-0.2, 0) is 0 Å². The van der Waals surface area contributed by atoms with E-state index in [0.29, 0.717) is 11.4 Å². The minimum absolute atomic E-state index is 0.218. The Hall–Kier alpha value is -1.62. The number of nitrogen functional groups attached to an aromatic ring is 1. The van der Waals surface area contributed by atoms with Crippen molar-refractivity contribution in [2.45, 2.75) is 4.90 Å². The van der Waals surface area contributed by atoms with Crippen LogP contribution in [0.2, 0.25) is 0 Å². The number of hydrogen-bond acceptors (Lipinski definition) is 4. The van der Waals surface area contributed by atoms with Crippen LogP contribution in [0.3, 0.4) is 0 Å². The summed E-state index contributed by atoms with van der Waals surface area (Å²) >= 11 is 1.58. The molecular weight excluding hydrogens is 210 g/mol. The first-order chi connectivity index (χ1) is 7.22. The molecule has 0 aliphatic heterocycles. The minimum atomic E-state index is 0.218. The maximum absolute atomic E-state index is 9.81. The van der Waals surface area contributed by atoms with Gasteiger partial charge in [-0.2, -0.15) is 5.10 Å². The highest BCUT2D eigenvalue weighted by atomic mass is 32.2. The van der Waals surface area contributed by atoms with Gasteiger partial charge in [0.15, 0.2) is 0 Å². The van der Waals surface area contributed by atoms with Crippen molar-refractivity contribution < 1.29 is 5.11 Å². The maximum atomic E-state index is 9.81. The topological polar surface area (TPSA) is 74.9 Å². The molecule has 15 heavy (non-hydrogen) atoms. The predicted molar refractivity (Wildman–Crippen MR) is 61.9 cm³/mol. The van der Waals surface area contributed by atoms with Gasteiger partial charge in [0.25, 0.3) is 0 Å². The second-order valence-corrected chi connectivity index (χ2v) is 3.96. The van der Waals surface area contributed by atoms with E-state index in [1.807, 2.05) is 18.4 Å². The number of nitrogens with two attached hydrogens (primary N) is 1. The molecule has 78 valence electrons. The highest BCUT2D eigenvalue weighted by Gasteiger charge is 2.09. The molecule has 0 aliphatic carbocycles. The predicted octanol–water partition coefficient (Wildman–Crippen LogP) is 2.09. The van der Waals surface area contributed by atoms with E-state index in [9.17, 15) is 5.11 Å². The van der Waals surface area contributed by atoms with Crippen LogP contribution in [-0.4, -0.2) is 21.6 Å². The monoisotopic (exact) mass is 221 g/mol. The Balaban J connectivity index is 2.50. The largest absolute Gasteiger partial charge is 0.507 e. The number of aromatic amines is 1. The van der Waals surface area contributed by atoms with Crippen LogP contribution in [0.15, 0.2) is 29.3 Å². The summed E-state index contributed by atoms with van der Waals surface area (Å²) in [5.74, 6) is 0.678. The molecule has 0 radical (unpaired) electrons. The van der Waals surface area contributed by atoms with Crippen molar-refractivity contribution in [2.75, 3.05) is 12.0 Å². The molecule has 2 aromatic rings. The fraction of sp³-hybridized carbons (Fsp3) is 0.100. The lowest BCUT2D eigenvalue weighted by Crippen LogP contribution is -1.88. The third-order valence-electron chi connectivity index (χ3n) is 2.16. The first kappa shape index (κ1) is 9.92. The number of benzene rings is 1. The van der Waals surface area contributed by atoms with Crippen molar-refractivity contribution in [3.8, 4) is 16.9 Å². The van der Waals surface area contributed by atoms with E-state index >= 15 is 0 Å². The molecule has 0 unspecified atom stereocenters. The molecule has 2 rings (SSSR count). The number of nitrogens with zero attached hydrogens (tertiary/aromatic N) is 1. The SMILES string of the molecule is CSc1ccc(-c2cn[nH]c2N)c(O)c1. The van der Waals surface area contributed by atoms with Crippen LogP contribution in [0.25, 0.3) is 11.1 Å². The molecule has 0 saturated heterocycles. The van der Waals surface area contributed by atoms with Crippen LogP contribution in [0, 0.1) is 0 Å². The molecule has 1 heterocycles. The highest BCUT2D eigenvalue weighted by molar-refractivity contribution is 7.98. The highest BCUT2D eigenvalue weighted by Crippen LogP contribution is 2.34. The van der Waals surface area contributed by atoms with Crippen LogP contribution >= 0.6 is 11.8 Å². The summed E-state index contributed by atoms with van der Waals surface area (Å²) in [6, 6.07) is 5.49. The van der Waals surface area contributed by atoms with Gasteiger partial charge < -0.3 is 10.8 Å². The second kappa shape index (κ2) is 3.86. The molecule has 0 fully saturated rings. The Bertz CT molecular complexity index is 481. The molecule has 4 N–H and O–H groups in total. The summed E-state index contributed by atoms with van der Waals surface area (Å²) in [7, 11) is 0. The number of phenolic OH excluding ortho intramolecular Hbond substituents is 1. The molecule has 1 aromatic carbocycles. The Morgan fingerprint density at radius 1 is 1.40 bits per heavy atom. The molecule has 0 atom stereocenters. The molecular formula is C10H11N3OS. The van der Waals surface area contributed by atoms with Gasteiger partial charge >= 0.3 is 0 Å². The lowest BCUT2D eigenvalue weighted by molar-refractivity contribution is 0.476. The van der Waals surface area contributed by atoms with Crippen molar-refractivity contribution in [3.05, 3.63) is 24.4 Å². The van der Waals surface area contributed by atoms with Crippen molar-refractivity contribution in [3.63, 3.8) is 0 Å². The number of nitrogens with one attached hydrogen (secondary N) is 1. The first-order valence-corrected chi connectivity index (χ1v) is 5.61. The summed E-state index contributed by atoms with van der Waals surface area (Å²) in [4.78, 5) is 1.01. The average Bonchev–Trinajstić information content (AvgIpc) is 2.64. The van der Waals surface area contributed by atoms with Crippen molar-refractivity contribution in [1.29, 1.82) is 0 Å². The normalized spacial score (nSPS) is 10.5. The summed E-state index contributed by atoms with van der Waals surface area (Å²) in [5.41, 5.74) is 7.09. The van der Waals surface area contributed by atoms with Gasteiger partial charge in [-0.05, 0) is 24.5 Å². The third kappa shape index (κ3) is 1.78. The summed E-state index contributed by atoms with van der Waals surface area (Å²) < 4.78 is 0. The van der Waals surface area contributed by atoms with Gasteiger partial charge in [0, 0.05) is 16.0 Å². The third-order valence-corrected chi connectivity index (χ3v) is 2.89. The number of H-pyrrole nitrogens is 1. The van der Waals surface area contributed by atoms with E-state index in [0.717, 1.165) is 10.5 Å². The molecule has 0 saturated carbocycles. The van der Waals surface area contributed by atoms with Crippen LogP contribution in [0.4, 0.5) is 5.82 Å². The zero-order valence-electron chi connectivity index (χ0n) is 8.19. The number of phenols is 1. The van der Waals surface area contributed by atoms with Crippen molar-refractivity contribution in [1.82, 2.24) is 10.2 Å². The summed E-state index contributed by atoms with van der Waals surface area (Å²) in [5, 5.41) is 16.3. The van der Waals surface area contributed by atoms with Gasteiger partial charge in [-0.15, -0.1) is 11.8 Å². The van der Waals surface area contributed by atoms with Crippen LogP contribution in [0.1, 0.15) is 0 Å². The fourth-order valence-electron chi connectivity index (χ4n) is 1.38. The van der Waals surface area contributed by atoms with E-state index in [4.69, 9.17) is 5.73 Å². The molecule has 5 heteroatoms. The van der Waals surface area contributed by atoms with Crippen molar-refractivity contribution in [2.24, 2.45) is 0 Å². The summed E-state index contributed by atoms with van der Waals surface area (Å²) in [6.07, 6.45) is 3.56. The number of hydrogen-bond donors (Lipinski definition) is 3. The number of rotatable bonds is 2. The maximum Gasteiger partial charge on any atom is 0.126 e. The quantitative estimate of drug-likeness (QED) is 0.679. The zero-order valence-corrected chi connectivity index (χ0v) is 9.01. The van der Waals surface area contributed by atoms with Gasteiger partial charge in [-0.3, -0.25) is 5.10 Å². The van der Waals surface area contributed by atoms with Gasteiger partial charge in [0.1, 0.15) is 11.6 Å². The number of thioether (sulfide) groups is 1. The molecule has 0 aliphatic rings. The standard InChI is InChI=1S/C10H11N3OS/c1-15-6-2-3-7(9(14)4-6)8-5-12-13-10(8)11/h2-5,14H,1H3,(H3,11,12,13). The number of aromatic nitrogens is 2. The number of anilines is 1. The van der Waals surface area contributed by atoms with Gasteiger partial charge in [0.2, 0.25) is 0 Å². The minimum Gasteiger partial charge on any atom is -0.507 e. The zero-order chi connectivity index (χ0) is 10.8. The van der Waals surface area contributed by atoms with Crippen molar-refractivity contribution >= 4 is 17.6 Å². The molecule has 1 aromatic heterocycles. The van der Waals surface area contributed by atoms with Gasteiger partial charge in [-0.1, -0.05) is 0 Å². The summed E-state index contributed by atoms with van der Waals surface area (Å²) in [6.45, 7) is 0. The van der Waals surface area contributed by atoms with Gasteiger partial charge in [-0.25, -0.2) is 0 Å². The number of aromatic hydroxyl groups is 1. The second-order valence-electron chi connectivity index (χ2n) is 3.08. The van der Waals surface area contributed by atoms with E-state index in [-0.39, 0.29) is 5.75 Å². The van der Waals surface area contributed by atoms with Gasteiger partial charge in [0.05, 0.1) is 6.20 Å². The van der Waals surface area contributed by atoms with E-state index in [1.165, 1.54) is 0 Å². The molecule has 0 amide bonds. The Labute approximate surface area is 91.5 Å².